The maximum atomic E-state index is 13.0. The van der Waals surface area contributed by atoms with Crippen LogP contribution in [0.3, 0.4) is 0 Å². The van der Waals surface area contributed by atoms with Gasteiger partial charge in [0, 0.05) is 23.2 Å². The quantitative estimate of drug-likeness (QED) is 0.394. The lowest BCUT2D eigenvalue weighted by Gasteiger charge is -2.16. The van der Waals surface area contributed by atoms with Crippen LogP contribution in [-0.4, -0.2) is 44.8 Å². The molecule has 36 heavy (non-hydrogen) atoms. The van der Waals surface area contributed by atoms with Gasteiger partial charge in [0.25, 0.3) is 5.91 Å². The molecule has 8 nitrogen and oxygen atoms in total. The molecule has 3 aromatic carbocycles. The van der Waals surface area contributed by atoms with Gasteiger partial charge >= 0.3 is 11.9 Å². The van der Waals surface area contributed by atoms with E-state index < -0.39 is 11.9 Å². The summed E-state index contributed by atoms with van der Waals surface area (Å²) in [5.41, 5.74) is 3.52. The molecule has 0 saturated carbocycles. The number of rotatable bonds is 10. The van der Waals surface area contributed by atoms with Gasteiger partial charge in [0.1, 0.15) is 11.5 Å². The molecule has 186 valence electrons. The number of nitrogens with zero attached hydrogens (tertiary/aromatic N) is 1. The highest BCUT2D eigenvalue weighted by atomic mass is 16.6. The maximum absolute atomic E-state index is 13.0. The summed E-state index contributed by atoms with van der Waals surface area (Å²) in [6, 6.07) is 19.6. The molecular formula is C28H27NO7. The number of hydrogen-bond acceptors (Lipinski definition) is 7. The molecule has 0 fully saturated rings. The van der Waals surface area contributed by atoms with Crippen molar-refractivity contribution in [3.63, 3.8) is 0 Å². The van der Waals surface area contributed by atoms with Gasteiger partial charge in [-0.25, -0.2) is 9.59 Å². The van der Waals surface area contributed by atoms with Crippen molar-refractivity contribution in [2.45, 2.75) is 19.9 Å². The van der Waals surface area contributed by atoms with Crippen LogP contribution in [0.4, 0.5) is 5.69 Å². The van der Waals surface area contributed by atoms with Gasteiger partial charge in [0.05, 0.1) is 32.4 Å². The average molecular weight is 490 g/mol. The number of carbonyl (C=O) groups is 3. The van der Waals surface area contributed by atoms with Gasteiger partial charge in [0.15, 0.2) is 6.61 Å². The van der Waals surface area contributed by atoms with Gasteiger partial charge in [-0.05, 0) is 61.0 Å². The lowest BCUT2D eigenvalue weighted by molar-refractivity contribution is -0.145. The highest BCUT2D eigenvalue weighted by Gasteiger charge is 2.31. The first-order chi connectivity index (χ1) is 17.5. The minimum absolute atomic E-state index is 0.118. The van der Waals surface area contributed by atoms with Crippen molar-refractivity contribution in [1.29, 1.82) is 0 Å². The molecule has 0 spiro atoms. The van der Waals surface area contributed by atoms with Crippen LogP contribution in [0.2, 0.25) is 0 Å². The van der Waals surface area contributed by atoms with E-state index in [1.807, 2.05) is 24.3 Å². The van der Waals surface area contributed by atoms with Gasteiger partial charge in [-0.2, -0.15) is 0 Å². The predicted molar refractivity (Wildman–Crippen MR) is 133 cm³/mol. The Balaban J connectivity index is 1.38. The molecule has 0 radical (unpaired) electrons. The summed E-state index contributed by atoms with van der Waals surface area (Å²) in [6.45, 7) is 2.70. The molecule has 0 atom stereocenters. The molecule has 0 aromatic heterocycles. The van der Waals surface area contributed by atoms with Crippen molar-refractivity contribution in [1.82, 2.24) is 0 Å². The zero-order valence-corrected chi connectivity index (χ0v) is 20.2. The average Bonchev–Trinajstić information content (AvgIpc) is 3.24. The van der Waals surface area contributed by atoms with Crippen LogP contribution in [0, 0.1) is 0 Å². The fourth-order valence-corrected chi connectivity index (χ4v) is 3.96. The second-order valence-corrected chi connectivity index (χ2v) is 8.05. The van der Waals surface area contributed by atoms with Crippen LogP contribution in [-0.2, 0) is 27.2 Å². The molecule has 1 amide bonds. The third kappa shape index (κ3) is 5.66. The first-order valence-corrected chi connectivity index (χ1v) is 11.6. The van der Waals surface area contributed by atoms with Crippen LogP contribution in [0.5, 0.6) is 11.5 Å². The second-order valence-electron chi connectivity index (χ2n) is 8.05. The largest absolute Gasteiger partial charge is 0.493 e. The van der Waals surface area contributed by atoms with Crippen molar-refractivity contribution in [2.75, 3.05) is 31.8 Å². The van der Waals surface area contributed by atoms with Gasteiger partial charge in [-0.1, -0.05) is 18.2 Å². The topological polar surface area (TPSA) is 91.4 Å². The fraction of sp³-hybridized carbons (Fsp3) is 0.250. The van der Waals surface area contributed by atoms with Gasteiger partial charge in [0.2, 0.25) is 0 Å². The van der Waals surface area contributed by atoms with Crippen molar-refractivity contribution in [3.05, 3.63) is 89.0 Å². The molecule has 1 aliphatic heterocycles. The first kappa shape index (κ1) is 24.8. The Labute approximate surface area is 209 Å². The minimum atomic E-state index is -0.427. The number of carbonyl (C=O) groups excluding carboxylic acids is 3. The van der Waals surface area contributed by atoms with Crippen LogP contribution in [0.15, 0.2) is 66.7 Å². The van der Waals surface area contributed by atoms with Crippen LogP contribution < -0.4 is 14.4 Å². The Morgan fingerprint density at radius 2 is 1.75 bits per heavy atom. The summed E-state index contributed by atoms with van der Waals surface area (Å²) in [4.78, 5) is 37.9. The first-order valence-electron chi connectivity index (χ1n) is 11.6. The molecule has 0 N–H and O–H groups in total. The lowest BCUT2D eigenvalue weighted by atomic mass is 10.1. The summed E-state index contributed by atoms with van der Waals surface area (Å²) in [6.07, 6.45) is 0.618. The van der Waals surface area contributed by atoms with E-state index in [4.69, 9.17) is 18.9 Å². The van der Waals surface area contributed by atoms with E-state index in [2.05, 4.69) is 0 Å². The lowest BCUT2D eigenvalue weighted by Crippen LogP contribution is -2.23. The summed E-state index contributed by atoms with van der Waals surface area (Å²) >= 11 is 0. The van der Waals surface area contributed by atoms with Crippen molar-refractivity contribution in [2.24, 2.45) is 0 Å². The van der Waals surface area contributed by atoms with E-state index in [0.717, 1.165) is 11.1 Å². The Bertz CT molecular complexity index is 1250. The maximum Gasteiger partial charge on any atom is 0.344 e. The highest BCUT2D eigenvalue weighted by Crippen LogP contribution is 2.34. The number of methoxy groups -OCH3 is 1. The van der Waals surface area contributed by atoms with Crippen LogP contribution in [0.25, 0.3) is 0 Å². The van der Waals surface area contributed by atoms with E-state index in [1.54, 1.807) is 54.3 Å². The summed E-state index contributed by atoms with van der Waals surface area (Å²) < 4.78 is 21.2. The Hall–Kier alpha value is -4.33. The van der Waals surface area contributed by atoms with E-state index in [0.29, 0.717) is 54.5 Å². The zero-order valence-electron chi connectivity index (χ0n) is 20.2. The number of amides is 1. The van der Waals surface area contributed by atoms with E-state index in [9.17, 15) is 14.4 Å². The highest BCUT2D eigenvalue weighted by molar-refractivity contribution is 6.10. The number of hydrogen-bond donors (Lipinski definition) is 0. The van der Waals surface area contributed by atoms with Crippen molar-refractivity contribution < 1.29 is 33.3 Å². The smallest absolute Gasteiger partial charge is 0.344 e. The summed E-state index contributed by atoms with van der Waals surface area (Å²) in [7, 11) is 1.33. The van der Waals surface area contributed by atoms with Crippen LogP contribution >= 0.6 is 0 Å². The third-order valence-corrected chi connectivity index (χ3v) is 5.73. The monoisotopic (exact) mass is 489 g/mol. The van der Waals surface area contributed by atoms with E-state index in [1.165, 1.54) is 7.11 Å². The van der Waals surface area contributed by atoms with Gasteiger partial charge < -0.3 is 23.8 Å². The molecule has 0 aliphatic carbocycles. The summed E-state index contributed by atoms with van der Waals surface area (Å²) in [5, 5.41) is 0. The minimum Gasteiger partial charge on any atom is -0.493 e. The molecule has 0 bridgehead atoms. The molecule has 0 unspecified atom stereocenters. The van der Waals surface area contributed by atoms with E-state index in [-0.39, 0.29) is 12.5 Å². The molecule has 4 rings (SSSR count). The molecule has 1 aliphatic rings. The SMILES string of the molecule is CCOC(=O)COc1cccc(CCOc2cccc3c2CN(c2ccc(C(=O)OC)cc2)C3=O)c1. The number of ether oxygens (including phenoxy) is 4. The van der Waals surface area contributed by atoms with Gasteiger partial charge in [-0.3, -0.25) is 4.79 Å². The van der Waals surface area contributed by atoms with E-state index >= 15 is 0 Å². The van der Waals surface area contributed by atoms with Crippen LogP contribution in [0.1, 0.15) is 38.8 Å². The molecule has 0 saturated heterocycles. The standard InChI is InChI=1S/C28H27NO7/c1-3-34-26(30)18-36-22-7-4-6-19(16-22)14-15-35-25-9-5-8-23-24(25)17-29(27(23)31)21-12-10-20(11-13-21)28(32)33-2/h4-13,16H,3,14-15,17-18H2,1-2H3. The fourth-order valence-electron chi connectivity index (χ4n) is 3.96. The third-order valence-electron chi connectivity index (χ3n) is 5.73. The Morgan fingerprint density at radius 1 is 0.972 bits per heavy atom. The summed E-state index contributed by atoms with van der Waals surface area (Å²) in [5.74, 6) is 0.286. The van der Waals surface area contributed by atoms with Gasteiger partial charge in [-0.15, -0.1) is 0 Å². The number of esters is 2. The second kappa shape index (κ2) is 11.4. The number of anilines is 1. The molecular weight excluding hydrogens is 462 g/mol. The molecule has 1 heterocycles. The number of fused-ring (bicyclic) bond motifs is 1. The normalized spacial score (nSPS) is 12.2. The predicted octanol–water partition coefficient (Wildman–Crippen LogP) is 4.20. The Morgan fingerprint density at radius 3 is 2.50 bits per heavy atom. The Kier molecular flexibility index (Phi) is 7.85. The van der Waals surface area contributed by atoms with Crippen molar-refractivity contribution in [3.8, 4) is 11.5 Å². The van der Waals surface area contributed by atoms with Crippen molar-refractivity contribution >= 4 is 23.5 Å². The zero-order chi connectivity index (χ0) is 25.5. The number of benzene rings is 3. The molecule has 3 aromatic rings. The molecule has 8 heteroatoms.